The third-order valence-corrected chi connectivity index (χ3v) is 5.58. The molecule has 27 heavy (non-hydrogen) atoms. The Bertz CT molecular complexity index is 1020. The summed E-state index contributed by atoms with van der Waals surface area (Å²) in [7, 11) is -3.54. The fourth-order valence-electron chi connectivity index (χ4n) is 2.36. The largest absolute Gasteiger partial charge is 0.457 e. The van der Waals surface area contributed by atoms with Crippen LogP contribution in [-0.4, -0.2) is 40.3 Å². The maximum Gasteiger partial charge on any atom is 0.307 e. The summed E-state index contributed by atoms with van der Waals surface area (Å²) >= 11 is 0. The zero-order valence-corrected chi connectivity index (χ0v) is 15.5. The van der Waals surface area contributed by atoms with Crippen LogP contribution in [-0.2, 0) is 26.0 Å². The van der Waals surface area contributed by atoms with E-state index in [0.717, 1.165) is 11.3 Å². The molecule has 0 atom stereocenters. The number of para-hydroxylation sites is 1. The van der Waals surface area contributed by atoms with Crippen molar-refractivity contribution in [1.82, 2.24) is 20.2 Å². The molecule has 0 bridgehead atoms. The van der Waals surface area contributed by atoms with Crippen LogP contribution in [0.1, 0.15) is 17.8 Å². The molecular formula is C18H18N4O4S. The van der Waals surface area contributed by atoms with Crippen molar-refractivity contribution >= 4 is 15.8 Å². The molecule has 0 unspecified atom stereocenters. The van der Waals surface area contributed by atoms with E-state index >= 15 is 0 Å². The van der Waals surface area contributed by atoms with Gasteiger partial charge in [-0.2, -0.15) is 4.68 Å². The summed E-state index contributed by atoms with van der Waals surface area (Å²) in [6.45, 7) is 1.72. The predicted octanol–water partition coefficient (Wildman–Crippen LogP) is 1.88. The van der Waals surface area contributed by atoms with E-state index in [4.69, 9.17) is 4.74 Å². The first kappa shape index (κ1) is 18.7. The van der Waals surface area contributed by atoms with Gasteiger partial charge < -0.3 is 4.74 Å². The molecule has 8 nitrogen and oxygen atoms in total. The number of aryl methyl sites for hydroxylation is 1. The van der Waals surface area contributed by atoms with E-state index in [1.807, 2.05) is 37.3 Å². The summed E-state index contributed by atoms with van der Waals surface area (Å²) in [5.74, 6) is -0.609. The van der Waals surface area contributed by atoms with Crippen LogP contribution in [0.4, 0.5) is 0 Å². The van der Waals surface area contributed by atoms with E-state index < -0.39 is 15.8 Å². The molecule has 0 saturated carbocycles. The highest BCUT2D eigenvalue weighted by molar-refractivity contribution is 7.91. The topological polar surface area (TPSA) is 104 Å². The molecular weight excluding hydrogens is 368 g/mol. The van der Waals surface area contributed by atoms with Crippen molar-refractivity contribution in [3.8, 4) is 5.69 Å². The number of carbonyl (C=O) groups is 1. The van der Waals surface area contributed by atoms with Crippen LogP contribution in [0.5, 0.6) is 0 Å². The van der Waals surface area contributed by atoms with Gasteiger partial charge in [0.1, 0.15) is 0 Å². The quantitative estimate of drug-likeness (QED) is 0.571. The van der Waals surface area contributed by atoms with Gasteiger partial charge in [-0.05, 0) is 41.6 Å². The fourth-order valence-corrected chi connectivity index (χ4v) is 3.59. The molecule has 1 heterocycles. The summed E-state index contributed by atoms with van der Waals surface area (Å²) in [5.41, 5.74) is 1.69. The minimum Gasteiger partial charge on any atom is -0.457 e. The second-order valence-corrected chi connectivity index (χ2v) is 7.99. The lowest BCUT2D eigenvalue weighted by atomic mass is 10.2. The van der Waals surface area contributed by atoms with E-state index in [2.05, 4.69) is 15.5 Å². The molecule has 0 amide bonds. The number of aromatic nitrogens is 4. The molecule has 0 N–H and O–H groups in total. The second-order valence-electron chi connectivity index (χ2n) is 5.89. The molecule has 3 aromatic rings. The lowest BCUT2D eigenvalue weighted by Gasteiger charge is -2.07. The van der Waals surface area contributed by atoms with E-state index in [-0.39, 0.29) is 23.7 Å². The smallest absolute Gasteiger partial charge is 0.307 e. The molecule has 3 rings (SSSR count). The van der Waals surface area contributed by atoms with Crippen LogP contribution >= 0.6 is 0 Å². The van der Waals surface area contributed by atoms with Crippen LogP contribution in [0.25, 0.3) is 5.69 Å². The first-order valence-corrected chi connectivity index (χ1v) is 9.89. The van der Waals surface area contributed by atoms with Gasteiger partial charge in [0.2, 0.25) is 0 Å². The molecule has 140 valence electrons. The van der Waals surface area contributed by atoms with Crippen LogP contribution in [0, 0.1) is 6.92 Å². The van der Waals surface area contributed by atoms with Crippen molar-refractivity contribution in [3.05, 3.63) is 66.0 Å². The third-order valence-electron chi connectivity index (χ3n) is 3.85. The number of rotatable bonds is 7. The number of tetrazole rings is 1. The lowest BCUT2D eigenvalue weighted by Crippen LogP contribution is -2.15. The Hall–Kier alpha value is -3.07. The Morgan fingerprint density at radius 1 is 1.07 bits per heavy atom. The minimum absolute atomic E-state index is 0.148. The number of hydrogen-bond acceptors (Lipinski definition) is 7. The highest BCUT2D eigenvalue weighted by atomic mass is 32.2. The molecule has 0 aliphatic carbocycles. The summed E-state index contributed by atoms with van der Waals surface area (Å²) in [6, 6.07) is 15.7. The Morgan fingerprint density at radius 2 is 1.78 bits per heavy atom. The van der Waals surface area contributed by atoms with Gasteiger partial charge in [0.25, 0.3) is 0 Å². The van der Waals surface area contributed by atoms with Gasteiger partial charge in [0.15, 0.2) is 22.3 Å². The zero-order valence-electron chi connectivity index (χ0n) is 14.6. The molecule has 1 aromatic heterocycles. The van der Waals surface area contributed by atoms with Gasteiger partial charge in [0.05, 0.1) is 22.8 Å². The highest BCUT2D eigenvalue weighted by Gasteiger charge is 2.18. The molecule has 0 fully saturated rings. The van der Waals surface area contributed by atoms with Crippen molar-refractivity contribution < 1.29 is 17.9 Å². The van der Waals surface area contributed by atoms with Gasteiger partial charge >= 0.3 is 5.97 Å². The van der Waals surface area contributed by atoms with Gasteiger partial charge in [-0.1, -0.05) is 35.9 Å². The Morgan fingerprint density at radius 3 is 2.48 bits per heavy atom. The molecule has 2 aromatic carbocycles. The van der Waals surface area contributed by atoms with Gasteiger partial charge in [-0.3, -0.25) is 4.79 Å². The molecule has 0 saturated heterocycles. The zero-order chi connectivity index (χ0) is 19.3. The SMILES string of the molecule is Cc1ccc(S(=O)(=O)CCC(=O)OCc2nnnn2-c2ccccc2)cc1. The lowest BCUT2D eigenvalue weighted by molar-refractivity contribution is -0.144. The van der Waals surface area contributed by atoms with Crippen LogP contribution in [0.15, 0.2) is 59.5 Å². The number of carbonyl (C=O) groups excluding carboxylic acids is 1. The standard InChI is InChI=1S/C18H18N4O4S/c1-14-7-9-16(10-8-14)27(24,25)12-11-18(23)26-13-17-19-20-21-22(17)15-5-3-2-4-6-15/h2-10H,11-13H2,1H3. The van der Waals surface area contributed by atoms with Crippen LogP contribution in [0.3, 0.4) is 0 Å². The van der Waals surface area contributed by atoms with Crippen molar-refractivity contribution in [1.29, 1.82) is 0 Å². The molecule has 0 spiro atoms. The third kappa shape index (κ3) is 4.76. The summed E-state index contributed by atoms with van der Waals surface area (Å²) in [5, 5.41) is 11.3. The number of sulfone groups is 1. The van der Waals surface area contributed by atoms with E-state index in [9.17, 15) is 13.2 Å². The van der Waals surface area contributed by atoms with E-state index in [1.54, 1.807) is 12.1 Å². The second kappa shape index (κ2) is 8.09. The minimum atomic E-state index is -3.54. The van der Waals surface area contributed by atoms with Gasteiger partial charge in [-0.25, -0.2) is 8.42 Å². The number of hydrogen-bond donors (Lipinski definition) is 0. The number of nitrogens with zero attached hydrogens (tertiary/aromatic N) is 4. The predicted molar refractivity (Wildman–Crippen MR) is 96.8 cm³/mol. The maximum atomic E-state index is 12.3. The van der Waals surface area contributed by atoms with Gasteiger partial charge in [0, 0.05) is 0 Å². The number of ether oxygens (including phenoxy) is 1. The van der Waals surface area contributed by atoms with Crippen molar-refractivity contribution in [3.63, 3.8) is 0 Å². The molecule has 0 aliphatic rings. The van der Waals surface area contributed by atoms with Crippen LogP contribution < -0.4 is 0 Å². The van der Waals surface area contributed by atoms with Crippen molar-refractivity contribution in [2.45, 2.75) is 24.8 Å². The average molecular weight is 386 g/mol. The summed E-state index contributed by atoms with van der Waals surface area (Å²) in [4.78, 5) is 12.1. The molecule has 9 heteroatoms. The Kier molecular flexibility index (Phi) is 5.60. The van der Waals surface area contributed by atoms with Crippen LogP contribution in [0.2, 0.25) is 0 Å². The summed E-state index contributed by atoms with van der Waals surface area (Å²) < 4.78 is 31.1. The first-order valence-electron chi connectivity index (χ1n) is 8.23. The monoisotopic (exact) mass is 386 g/mol. The number of esters is 1. The summed E-state index contributed by atoms with van der Waals surface area (Å²) in [6.07, 6.45) is -0.247. The molecule has 0 radical (unpaired) electrons. The van der Waals surface area contributed by atoms with Crippen molar-refractivity contribution in [2.75, 3.05) is 5.75 Å². The Labute approximate surface area is 156 Å². The van der Waals surface area contributed by atoms with E-state index in [1.165, 1.54) is 16.8 Å². The first-order chi connectivity index (χ1) is 13.0. The Balaban J connectivity index is 1.57. The maximum absolute atomic E-state index is 12.3. The average Bonchev–Trinajstić information content (AvgIpc) is 3.14. The highest BCUT2D eigenvalue weighted by Crippen LogP contribution is 2.14. The van der Waals surface area contributed by atoms with Gasteiger partial charge in [-0.15, -0.1) is 5.10 Å². The fraction of sp³-hybridized carbons (Fsp3) is 0.222. The number of benzene rings is 2. The molecule has 0 aliphatic heterocycles. The normalized spacial score (nSPS) is 11.3. The van der Waals surface area contributed by atoms with Crippen molar-refractivity contribution in [2.24, 2.45) is 0 Å². The van der Waals surface area contributed by atoms with E-state index in [0.29, 0.717) is 5.82 Å².